The molecule has 2 N–H and O–H groups in total. The summed E-state index contributed by atoms with van der Waals surface area (Å²) in [6.45, 7) is 7.40. The van der Waals surface area contributed by atoms with Gasteiger partial charge in [-0.25, -0.2) is 0 Å². The molecule has 19 heavy (non-hydrogen) atoms. The first-order chi connectivity index (χ1) is 9.02. The maximum Gasteiger partial charge on any atom is 0.234 e. The van der Waals surface area contributed by atoms with Crippen LogP contribution in [0.1, 0.15) is 32.3 Å². The summed E-state index contributed by atoms with van der Waals surface area (Å²) in [5.41, 5.74) is 7.74. The Morgan fingerprint density at radius 1 is 1.37 bits per heavy atom. The number of nitrogens with two attached hydrogens (primary N) is 1. The van der Waals surface area contributed by atoms with E-state index in [1.807, 2.05) is 36.1 Å². The quantitative estimate of drug-likeness (QED) is 0.904. The van der Waals surface area contributed by atoms with Gasteiger partial charge in [0.25, 0.3) is 0 Å². The number of hydrogen-bond donors (Lipinski definition) is 1. The summed E-state index contributed by atoms with van der Waals surface area (Å²) in [6.07, 6.45) is 1.84. The molecule has 3 nitrogen and oxygen atoms in total. The van der Waals surface area contributed by atoms with Gasteiger partial charge in [0.1, 0.15) is 0 Å². The number of rotatable bonds is 4. The van der Waals surface area contributed by atoms with Crippen molar-refractivity contribution in [1.82, 2.24) is 0 Å². The maximum absolute atomic E-state index is 12.8. The molecule has 3 heteroatoms. The molecule has 0 unspecified atom stereocenters. The highest BCUT2D eigenvalue weighted by Crippen LogP contribution is 2.46. The van der Waals surface area contributed by atoms with E-state index in [0.717, 1.165) is 18.5 Å². The van der Waals surface area contributed by atoms with Gasteiger partial charge in [-0.3, -0.25) is 4.79 Å². The van der Waals surface area contributed by atoms with Crippen LogP contribution >= 0.6 is 0 Å². The number of carbonyl (C=O) groups is 1. The first-order valence-electron chi connectivity index (χ1n) is 7.11. The third kappa shape index (κ3) is 2.52. The van der Waals surface area contributed by atoms with Crippen LogP contribution in [0.3, 0.4) is 0 Å². The molecule has 1 aromatic rings. The highest BCUT2D eigenvalue weighted by molar-refractivity contribution is 5.98. The summed E-state index contributed by atoms with van der Waals surface area (Å²) in [4.78, 5) is 14.7. The Balaban J connectivity index is 2.22. The van der Waals surface area contributed by atoms with E-state index >= 15 is 0 Å². The van der Waals surface area contributed by atoms with Gasteiger partial charge in [-0.1, -0.05) is 24.6 Å². The van der Waals surface area contributed by atoms with Crippen molar-refractivity contribution in [3.63, 3.8) is 0 Å². The van der Waals surface area contributed by atoms with Gasteiger partial charge in [0.2, 0.25) is 5.91 Å². The zero-order valence-corrected chi connectivity index (χ0v) is 12.1. The molecule has 0 aliphatic heterocycles. The number of aryl methyl sites for hydroxylation is 1. The second-order valence-corrected chi connectivity index (χ2v) is 5.88. The van der Waals surface area contributed by atoms with Crippen molar-refractivity contribution < 1.29 is 4.79 Å². The van der Waals surface area contributed by atoms with Gasteiger partial charge < -0.3 is 10.6 Å². The summed E-state index contributed by atoms with van der Waals surface area (Å²) in [5, 5.41) is 0. The molecule has 0 spiro atoms. The third-order valence-corrected chi connectivity index (χ3v) is 4.23. The fourth-order valence-corrected chi connectivity index (χ4v) is 3.16. The molecule has 1 aromatic carbocycles. The van der Waals surface area contributed by atoms with Crippen LogP contribution in [0.15, 0.2) is 24.3 Å². The number of anilines is 1. The van der Waals surface area contributed by atoms with Crippen LogP contribution in [-0.2, 0) is 4.79 Å². The number of carbonyl (C=O) groups excluding carboxylic acids is 1. The van der Waals surface area contributed by atoms with Crippen molar-refractivity contribution in [3.8, 4) is 0 Å². The smallest absolute Gasteiger partial charge is 0.234 e. The number of hydrogen-bond acceptors (Lipinski definition) is 2. The lowest BCUT2D eigenvalue weighted by Gasteiger charge is -2.46. The van der Waals surface area contributed by atoms with Crippen molar-refractivity contribution in [2.45, 2.75) is 33.6 Å². The van der Waals surface area contributed by atoms with E-state index in [1.165, 1.54) is 5.56 Å². The Bertz CT molecular complexity index is 446. The van der Waals surface area contributed by atoms with Crippen LogP contribution in [0.5, 0.6) is 0 Å². The molecular formula is C16H24N2O. The van der Waals surface area contributed by atoms with Gasteiger partial charge in [0, 0.05) is 18.8 Å². The lowest BCUT2D eigenvalue weighted by molar-refractivity contribution is -0.135. The van der Waals surface area contributed by atoms with Crippen LogP contribution in [0.2, 0.25) is 0 Å². The minimum atomic E-state index is -0.319. The summed E-state index contributed by atoms with van der Waals surface area (Å²) < 4.78 is 0. The van der Waals surface area contributed by atoms with Gasteiger partial charge in [-0.2, -0.15) is 0 Å². The van der Waals surface area contributed by atoms with E-state index in [9.17, 15) is 4.79 Å². The monoisotopic (exact) mass is 260 g/mol. The molecule has 1 aliphatic rings. The molecule has 1 aliphatic carbocycles. The standard InChI is InChI=1S/C16H24N2O/c1-4-18(14-7-5-12(2)6-8-14)15(19)16(11-17)9-13(3)10-16/h5-8,13H,4,9-11,17H2,1-3H3. The first kappa shape index (κ1) is 14.1. The molecule has 0 radical (unpaired) electrons. The molecule has 1 fully saturated rings. The van der Waals surface area contributed by atoms with Crippen LogP contribution in [-0.4, -0.2) is 19.0 Å². The topological polar surface area (TPSA) is 46.3 Å². The number of nitrogens with zero attached hydrogens (tertiary/aromatic N) is 1. The second-order valence-electron chi connectivity index (χ2n) is 5.88. The average Bonchev–Trinajstić information content (AvgIpc) is 2.37. The Morgan fingerprint density at radius 2 is 1.95 bits per heavy atom. The predicted octanol–water partition coefficient (Wildman–Crippen LogP) is 2.72. The van der Waals surface area contributed by atoms with Crippen molar-refractivity contribution >= 4 is 11.6 Å². The molecule has 0 bridgehead atoms. The van der Waals surface area contributed by atoms with E-state index in [0.29, 0.717) is 19.0 Å². The number of benzene rings is 1. The van der Waals surface area contributed by atoms with Crippen LogP contribution in [0, 0.1) is 18.3 Å². The number of amides is 1. The second kappa shape index (κ2) is 5.33. The van der Waals surface area contributed by atoms with Gasteiger partial charge in [-0.15, -0.1) is 0 Å². The zero-order valence-electron chi connectivity index (χ0n) is 12.1. The summed E-state index contributed by atoms with van der Waals surface area (Å²) >= 11 is 0. The summed E-state index contributed by atoms with van der Waals surface area (Å²) in [5.74, 6) is 0.809. The van der Waals surface area contributed by atoms with E-state index in [4.69, 9.17) is 5.73 Å². The Labute approximate surface area is 115 Å². The van der Waals surface area contributed by atoms with Gasteiger partial charge in [0.15, 0.2) is 0 Å². The van der Waals surface area contributed by atoms with Gasteiger partial charge in [0.05, 0.1) is 5.41 Å². The fourth-order valence-electron chi connectivity index (χ4n) is 3.16. The van der Waals surface area contributed by atoms with Crippen LogP contribution < -0.4 is 10.6 Å². The Hall–Kier alpha value is -1.35. The van der Waals surface area contributed by atoms with Gasteiger partial charge >= 0.3 is 0 Å². The summed E-state index contributed by atoms with van der Waals surface area (Å²) in [6, 6.07) is 8.12. The van der Waals surface area contributed by atoms with Crippen molar-refractivity contribution in [2.75, 3.05) is 18.0 Å². The van der Waals surface area contributed by atoms with Crippen LogP contribution in [0.4, 0.5) is 5.69 Å². The predicted molar refractivity (Wildman–Crippen MR) is 79.1 cm³/mol. The lowest BCUT2D eigenvalue weighted by atomic mass is 9.61. The first-order valence-corrected chi connectivity index (χ1v) is 7.11. The average molecular weight is 260 g/mol. The normalized spacial score (nSPS) is 25.8. The summed E-state index contributed by atoms with van der Waals surface area (Å²) in [7, 11) is 0. The zero-order chi connectivity index (χ0) is 14.0. The molecule has 1 saturated carbocycles. The highest BCUT2D eigenvalue weighted by Gasteiger charge is 2.48. The molecule has 0 saturated heterocycles. The maximum atomic E-state index is 12.8. The largest absolute Gasteiger partial charge is 0.329 e. The Morgan fingerprint density at radius 3 is 2.37 bits per heavy atom. The molecule has 0 atom stereocenters. The molecule has 1 amide bonds. The SMILES string of the molecule is CCN(C(=O)C1(CN)CC(C)C1)c1ccc(C)cc1. The molecule has 2 rings (SSSR count). The lowest BCUT2D eigenvalue weighted by Crippen LogP contribution is -2.54. The molecular weight excluding hydrogens is 236 g/mol. The van der Waals surface area contributed by atoms with Crippen molar-refractivity contribution in [1.29, 1.82) is 0 Å². The van der Waals surface area contributed by atoms with Gasteiger partial charge in [-0.05, 0) is 44.7 Å². The fraction of sp³-hybridized carbons (Fsp3) is 0.562. The van der Waals surface area contributed by atoms with E-state index in [2.05, 4.69) is 13.8 Å². The van der Waals surface area contributed by atoms with E-state index < -0.39 is 0 Å². The minimum Gasteiger partial charge on any atom is -0.329 e. The third-order valence-electron chi connectivity index (χ3n) is 4.23. The highest BCUT2D eigenvalue weighted by atomic mass is 16.2. The minimum absolute atomic E-state index is 0.194. The Kier molecular flexibility index (Phi) is 3.95. The van der Waals surface area contributed by atoms with E-state index in [-0.39, 0.29) is 11.3 Å². The molecule has 0 aromatic heterocycles. The van der Waals surface area contributed by atoms with Crippen LogP contribution in [0.25, 0.3) is 0 Å². The molecule has 104 valence electrons. The van der Waals surface area contributed by atoms with Crippen molar-refractivity contribution in [2.24, 2.45) is 17.1 Å². The van der Waals surface area contributed by atoms with Crippen molar-refractivity contribution in [3.05, 3.63) is 29.8 Å². The molecule has 0 heterocycles. The van der Waals surface area contributed by atoms with E-state index in [1.54, 1.807) is 0 Å².